The third-order valence-electron chi connectivity index (χ3n) is 3.23. The van der Waals surface area contributed by atoms with Crippen LogP contribution in [0.5, 0.6) is 0 Å². The van der Waals surface area contributed by atoms with E-state index in [4.69, 9.17) is 5.84 Å². The molecule has 1 unspecified atom stereocenters. The van der Waals surface area contributed by atoms with Crippen molar-refractivity contribution >= 4 is 0 Å². The predicted octanol–water partition coefficient (Wildman–Crippen LogP) is 1.31. The van der Waals surface area contributed by atoms with E-state index in [9.17, 15) is 0 Å². The molecule has 0 saturated carbocycles. The van der Waals surface area contributed by atoms with Gasteiger partial charge in [0, 0.05) is 31.2 Å². The highest BCUT2D eigenvalue weighted by atomic mass is 15.3. The standard InChI is InChI=1S/C14H21N5/c1-2-19-11-13(10-17-19)8-14(18-15)6-5-12-4-3-7-16-9-12/h3-4,7,9-11,14,18H,2,5-6,8,15H2,1H3. The second-order valence-corrected chi connectivity index (χ2v) is 4.67. The lowest BCUT2D eigenvalue weighted by Gasteiger charge is -2.14. The van der Waals surface area contributed by atoms with Crippen LogP contribution in [-0.2, 0) is 19.4 Å². The lowest BCUT2D eigenvalue weighted by molar-refractivity contribution is 0.491. The van der Waals surface area contributed by atoms with Crippen molar-refractivity contribution in [1.82, 2.24) is 20.2 Å². The van der Waals surface area contributed by atoms with Gasteiger partial charge in [-0.3, -0.25) is 20.9 Å². The molecule has 0 saturated heterocycles. The Hall–Kier alpha value is -1.72. The Kier molecular flexibility index (Phi) is 5.06. The molecule has 2 aromatic rings. The number of aromatic nitrogens is 3. The number of aryl methyl sites for hydroxylation is 2. The summed E-state index contributed by atoms with van der Waals surface area (Å²) < 4.78 is 1.93. The maximum absolute atomic E-state index is 5.63. The molecule has 2 rings (SSSR count). The zero-order valence-corrected chi connectivity index (χ0v) is 11.3. The summed E-state index contributed by atoms with van der Waals surface area (Å²) in [5.74, 6) is 5.63. The first-order valence-electron chi connectivity index (χ1n) is 6.68. The molecule has 5 heteroatoms. The lowest BCUT2D eigenvalue weighted by atomic mass is 10.0. The predicted molar refractivity (Wildman–Crippen MR) is 75.3 cm³/mol. The highest BCUT2D eigenvalue weighted by molar-refractivity contribution is 5.10. The molecule has 2 heterocycles. The average molecular weight is 259 g/mol. The van der Waals surface area contributed by atoms with Crippen LogP contribution < -0.4 is 11.3 Å². The minimum atomic E-state index is 0.259. The summed E-state index contributed by atoms with van der Waals surface area (Å²) in [6.07, 6.45) is 10.6. The molecular weight excluding hydrogens is 238 g/mol. The number of hydrogen-bond acceptors (Lipinski definition) is 4. The second-order valence-electron chi connectivity index (χ2n) is 4.67. The monoisotopic (exact) mass is 259 g/mol. The van der Waals surface area contributed by atoms with Gasteiger partial charge < -0.3 is 0 Å². The van der Waals surface area contributed by atoms with Crippen molar-refractivity contribution in [2.24, 2.45) is 5.84 Å². The average Bonchev–Trinajstić information content (AvgIpc) is 2.92. The van der Waals surface area contributed by atoms with Gasteiger partial charge in [-0.05, 0) is 43.4 Å². The molecule has 0 bridgehead atoms. The lowest BCUT2D eigenvalue weighted by Crippen LogP contribution is -2.37. The summed E-state index contributed by atoms with van der Waals surface area (Å²) in [4.78, 5) is 4.12. The van der Waals surface area contributed by atoms with E-state index in [0.29, 0.717) is 0 Å². The minimum absolute atomic E-state index is 0.259. The first-order valence-corrected chi connectivity index (χ1v) is 6.68. The zero-order chi connectivity index (χ0) is 13.5. The van der Waals surface area contributed by atoms with Gasteiger partial charge in [0.15, 0.2) is 0 Å². The van der Waals surface area contributed by atoms with Crippen LogP contribution in [0.25, 0.3) is 0 Å². The minimum Gasteiger partial charge on any atom is -0.273 e. The van der Waals surface area contributed by atoms with Crippen molar-refractivity contribution in [3.8, 4) is 0 Å². The third-order valence-corrected chi connectivity index (χ3v) is 3.23. The number of nitrogens with one attached hydrogen (secondary N) is 1. The van der Waals surface area contributed by atoms with Gasteiger partial charge in [0.25, 0.3) is 0 Å². The quantitative estimate of drug-likeness (QED) is 0.581. The van der Waals surface area contributed by atoms with Crippen molar-refractivity contribution in [1.29, 1.82) is 0 Å². The van der Waals surface area contributed by atoms with Crippen molar-refractivity contribution < 1.29 is 0 Å². The highest BCUT2D eigenvalue weighted by Crippen LogP contribution is 2.08. The maximum atomic E-state index is 5.63. The first-order chi connectivity index (χ1) is 9.31. The molecule has 0 radical (unpaired) electrons. The van der Waals surface area contributed by atoms with Crippen molar-refractivity contribution in [3.63, 3.8) is 0 Å². The molecule has 2 aromatic heterocycles. The number of nitrogens with two attached hydrogens (primary N) is 1. The number of hydrogen-bond donors (Lipinski definition) is 2. The Morgan fingerprint density at radius 2 is 2.26 bits per heavy atom. The molecule has 0 fully saturated rings. The van der Waals surface area contributed by atoms with Crippen molar-refractivity contribution in [2.75, 3.05) is 0 Å². The van der Waals surface area contributed by atoms with Gasteiger partial charge in [0.2, 0.25) is 0 Å². The normalized spacial score (nSPS) is 12.5. The molecule has 3 N–H and O–H groups in total. The molecule has 0 aliphatic rings. The van der Waals surface area contributed by atoms with Gasteiger partial charge in [-0.2, -0.15) is 5.10 Å². The smallest absolute Gasteiger partial charge is 0.0522 e. The van der Waals surface area contributed by atoms with Gasteiger partial charge in [0.1, 0.15) is 0 Å². The fourth-order valence-electron chi connectivity index (χ4n) is 2.10. The van der Waals surface area contributed by atoms with Crippen LogP contribution in [0.1, 0.15) is 24.5 Å². The molecule has 1 atom stereocenters. The van der Waals surface area contributed by atoms with Crippen LogP contribution in [0.3, 0.4) is 0 Å². The van der Waals surface area contributed by atoms with Crippen molar-refractivity contribution in [2.45, 2.75) is 38.8 Å². The van der Waals surface area contributed by atoms with E-state index in [1.807, 2.05) is 23.1 Å². The maximum Gasteiger partial charge on any atom is 0.0522 e. The number of rotatable bonds is 7. The SMILES string of the molecule is CCn1cc(CC(CCc2cccnc2)NN)cn1. The summed E-state index contributed by atoms with van der Waals surface area (Å²) >= 11 is 0. The number of nitrogens with zero attached hydrogens (tertiary/aromatic N) is 3. The molecule has 0 amide bonds. The van der Waals surface area contributed by atoms with Gasteiger partial charge in [-0.1, -0.05) is 6.07 Å². The van der Waals surface area contributed by atoms with Crippen LogP contribution in [0.2, 0.25) is 0 Å². The molecule has 0 spiro atoms. The van der Waals surface area contributed by atoms with Crippen molar-refractivity contribution in [3.05, 3.63) is 48.0 Å². The van der Waals surface area contributed by atoms with E-state index in [1.54, 1.807) is 6.20 Å². The molecular formula is C14H21N5. The van der Waals surface area contributed by atoms with Crippen LogP contribution in [-0.4, -0.2) is 20.8 Å². The van der Waals surface area contributed by atoms with Crippen LogP contribution in [0.15, 0.2) is 36.9 Å². The Balaban J connectivity index is 1.86. The Bertz CT molecular complexity index is 480. The fourth-order valence-corrected chi connectivity index (χ4v) is 2.10. The summed E-state index contributed by atoms with van der Waals surface area (Å²) in [6.45, 7) is 2.98. The fraction of sp³-hybridized carbons (Fsp3) is 0.429. The van der Waals surface area contributed by atoms with E-state index in [1.165, 1.54) is 11.1 Å². The van der Waals surface area contributed by atoms with Gasteiger partial charge in [-0.25, -0.2) is 0 Å². The summed E-state index contributed by atoms with van der Waals surface area (Å²) in [6, 6.07) is 4.32. The molecule has 102 valence electrons. The Morgan fingerprint density at radius 1 is 1.37 bits per heavy atom. The third kappa shape index (κ3) is 4.15. The van der Waals surface area contributed by atoms with E-state index in [-0.39, 0.29) is 6.04 Å². The molecule has 0 aliphatic heterocycles. The van der Waals surface area contributed by atoms with E-state index in [0.717, 1.165) is 25.8 Å². The zero-order valence-electron chi connectivity index (χ0n) is 11.3. The second kappa shape index (κ2) is 7.01. The summed E-state index contributed by atoms with van der Waals surface area (Å²) in [5.41, 5.74) is 5.35. The van der Waals surface area contributed by atoms with Gasteiger partial charge in [0.05, 0.1) is 6.20 Å². The molecule has 19 heavy (non-hydrogen) atoms. The highest BCUT2D eigenvalue weighted by Gasteiger charge is 2.09. The number of hydrazine groups is 1. The van der Waals surface area contributed by atoms with Gasteiger partial charge >= 0.3 is 0 Å². The van der Waals surface area contributed by atoms with Crippen LogP contribution in [0, 0.1) is 0 Å². The topological polar surface area (TPSA) is 68.8 Å². The molecule has 0 aromatic carbocycles. The van der Waals surface area contributed by atoms with E-state index < -0.39 is 0 Å². The van der Waals surface area contributed by atoms with Gasteiger partial charge in [-0.15, -0.1) is 0 Å². The van der Waals surface area contributed by atoms with Crippen LogP contribution >= 0.6 is 0 Å². The summed E-state index contributed by atoms with van der Waals surface area (Å²) in [7, 11) is 0. The van der Waals surface area contributed by atoms with E-state index in [2.05, 4.69) is 34.7 Å². The molecule has 5 nitrogen and oxygen atoms in total. The van der Waals surface area contributed by atoms with E-state index >= 15 is 0 Å². The first kappa shape index (κ1) is 13.7. The molecule has 0 aliphatic carbocycles. The number of pyridine rings is 1. The Labute approximate surface area is 113 Å². The largest absolute Gasteiger partial charge is 0.273 e. The Morgan fingerprint density at radius 3 is 2.89 bits per heavy atom. The summed E-state index contributed by atoms with van der Waals surface area (Å²) in [5, 5.41) is 4.28. The van der Waals surface area contributed by atoms with Crippen LogP contribution in [0.4, 0.5) is 0 Å².